The third-order valence-electron chi connectivity index (χ3n) is 4.62. The first-order valence-electron chi connectivity index (χ1n) is 10.6. The van der Waals surface area contributed by atoms with Crippen molar-refractivity contribution in [3.63, 3.8) is 0 Å². The maximum atomic E-state index is 10.5. The molecule has 0 saturated carbocycles. The number of ether oxygens (including phenoxy) is 2. The van der Waals surface area contributed by atoms with Crippen molar-refractivity contribution in [3.8, 4) is 0 Å². The lowest BCUT2D eigenvalue weighted by molar-refractivity contribution is -0.127. The SMILES string of the molecule is C=C(/C(=C\C(Cl)=C/C)COC=O)N(C)C1CCN(SC)CC1.C=C(C)C.C=CC(C)OC. The normalized spacial score (nSPS) is 15.9. The highest BCUT2D eigenvalue weighted by molar-refractivity contribution is 7.96. The number of piperidine rings is 1. The van der Waals surface area contributed by atoms with Gasteiger partial charge in [-0.25, -0.2) is 0 Å². The van der Waals surface area contributed by atoms with Gasteiger partial charge in [0.05, 0.1) is 6.10 Å². The average Bonchev–Trinajstić information content (AvgIpc) is 2.80. The van der Waals surface area contributed by atoms with E-state index < -0.39 is 0 Å². The Hall–Kier alpha value is -1.47. The summed E-state index contributed by atoms with van der Waals surface area (Å²) in [6.07, 6.45) is 9.85. The number of carbonyl (C=O) groups is 1. The molecule has 0 aromatic heterocycles. The summed E-state index contributed by atoms with van der Waals surface area (Å²) in [4.78, 5) is 12.7. The van der Waals surface area contributed by atoms with Crippen molar-refractivity contribution in [2.45, 2.75) is 52.7 Å². The van der Waals surface area contributed by atoms with E-state index in [0.717, 1.165) is 37.2 Å². The van der Waals surface area contributed by atoms with Crippen molar-refractivity contribution in [2.24, 2.45) is 0 Å². The molecule has 1 unspecified atom stereocenters. The first kappa shape index (κ1) is 32.7. The number of hydrogen-bond donors (Lipinski definition) is 0. The molecule has 1 saturated heterocycles. The Balaban J connectivity index is 0. The van der Waals surface area contributed by atoms with Crippen LogP contribution in [0, 0.1) is 0 Å². The molecule has 32 heavy (non-hydrogen) atoms. The van der Waals surface area contributed by atoms with Crippen LogP contribution >= 0.6 is 23.5 Å². The molecular formula is C25H43ClN2O3S. The quantitative estimate of drug-likeness (QED) is 0.158. The zero-order valence-electron chi connectivity index (χ0n) is 21.0. The smallest absolute Gasteiger partial charge is 0.293 e. The van der Waals surface area contributed by atoms with Crippen LogP contribution in [0.4, 0.5) is 0 Å². The zero-order chi connectivity index (χ0) is 25.1. The van der Waals surface area contributed by atoms with Gasteiger partial charge in [-0.3, -0.25) is 9.10 Å². The molecule has 0 radical (unpaired) electrons. The Labute approximate surface area is 206 Å². The van der Waals surface area contributed by atoms with E-state index in [1.807, 2.05) is 34.7 Å². The lowest BCUT2D eigenvalue weighted by Gasteiger charge is -2.38. The van der Waals surface area contributed by atoms with Crippen LogP contribution in [0.5, 0.6) is 0 Å². The van der Waals surface area contributed by atoms with E-state index in [-0.39, 0.29) is 12.7 Å². The number of carbonyl (C=O) groups excluding carboxylic acids is 1. The summed E-state index contributed by atoms with van der Waals surface area (Å²) in [5, 5.41) is 0.608. The summed E-state index contributed by atoms with van der Waals surface area (Å²) in [5.41, 5.74) is 2.84. The lowest BCUT2D eigenvalue weighted by atomic mass is 10.0. The fraction of sp³-hybridized carbons (Fsp3) is 0.560. The molecular weight excluding hydrogens is 444 g/mol. The molecule has 1 rings (SSSR count). The topological polar surface area (TPSA) is 42.0 Å². The largest absolute Gasteiger partial charge is 0.463 e. The third kappa shape index (κ3) is 16.2. The maximum Gasteiger partial charge on any atom is 0.293 e. The molecule has 1 aliphatic rings. The molecule has 5 nitrogen and oxygen atoms in total. The molecule has 1 fully saturated rings. The van der Waals surface area contributed by atoms with E-state index in [2.05, 4.69) is 35.2 Å². The van der Waals surface area contributed by atoms with Crippen molar-refractivity contribution in [2.75, 3.05) is 40.1 Å². The van der Waals surface area contributed by atoms with Gasteiger partial charge in [-0.15, -0.1) is 13.2 Å². The van der Waals surface area contributed by atoms with Crippen LogP contribution < -0.4 is 0 Å². The lowest BCUT2D eigenvalue weighted by Crippen LogP contribution is -2.40. The third-order valence-corrected chi connectivity index (χ3v) is 5.83. The molecule has 0 bridgehead atoms. The summed E-state index contributed by atoms with van der Waals surface area (Å²) < 4.78 is 12.1. The molecule has 0 aromatic rings. The molecule has 0 N–H and O–H groups in total. The van der Waals surface area contributed by atoms with Crippen molar-refractivity contribution in [3.05, 3.63) is 59.8 Å². The Morgan fingerprint density at radius 2 is 1.84 bits per heavy atom. The van der Waals surface area contributed by atoms with E-state index in [4.69, 9.17) is 21.1 Å². The second-order valence-corrected chi connectivity index (χ2v) is 8.85. The van der Waals surface area contributed by atoms with Gasteiger partial charge in [-0.05, 0) is 52.9 Å². The van der Waals surface area contributed by atoms with Crippen LogP contribution in [0.15, 0.2) is 59.8 Å². The predicted octanol–water partition coefficient (Wildman–Crippen LogP) is 6.21. The molecule has 0 aliphatic carbocycles. The van der Waals surface area contributed by atoms with E-state index in [1.165, 1.54) is 5.57 Å². The summed E-state index contributed by atoms with van der Waals surface area (Å²) in [6.45, 7) is 21.7. The summed E-state index contributed by atoms with van der Waals surface area (Å²) >= 11 is 7.88. The first-order chi connectivity index (χ1) is 15.1. The van der Waals surface area contributed by atoms with E-state index in [0.29, 0.717) is 17.5 Å². The van der Waals surface area contributed by atoms with Gasteiger partial charge in [-0.2, -0.15) is 0 Å². The Morgan fingerprint density at radius 3 is 2.19 bits per heavy atom. The molecule has 184 valence electrons. The maximum absolute atomic E-state index is 10.5. The number of nitrogens with zero attached hydrogens (tertiary/aromatic N) is 2. The Morgan fingerprint density at radius 1 is 1.31 bits per heavy atom. The van der Waals surface area contributed by atoms with Crippen molar-refractivity contribution < 1.29 is 14.3 Å². The van der Waals surface area contributed by atoms with E-state index in [9.17, 15) is 4.79 Å². The van der Waals surface area contributed by atoms with Gasteiger partial charge in [-0.1, -0.05) is 47.9 Å². The van der Waals surface area contributed by atoms with Gasteiger partial charge < -0.3 is 14.4 Å². The van der Waals surface area contributed by atoms with Crippen LogP contribution in [0.25, 0.3) is 0 Å². The predicted molar refractivity (Wildman–Crippen MR) is 142 cm³/mol. The van der Waals surface area contributed by atoms with Gasteiger partial charge in [0.1, 0.15) is 6.61 Å². The minimum Gasteiger partial charge on any atom is -0.463 e. The second kappa shape index (κ2) is 20.2. The minimum atomic E-state index is 0.181. The molecule has 0 spiro atoms. The zero-order valence-corrected chi connectivity index (χ0v) is 22.6. The van der Waals surface area contributed by atoms with Crippen molar-refractivity contribution in [1.29, 1.82) is 0 Å². The average molecular weight is 487 g/mol. The van der Waals surface area contributed by atoms with Crippen molar-refractivity contribution >= 4 is 30.0 Å². The van der Waals surface area contributed by atoms with Crippen LogP contribution in [0.2, 0.25) is 0 Å². The minimum absolute atomic E-state index is 0.181. The number of allylic oxidation sites excluding steroid dienone is 4. The number of rotatable bonds is 10. The number of likely N-dealkylation sites (N-methyl/N-ethyl adjacent to an activating group) is 1. The first-order valence-corrected chi connectivity index (χ1v) is 12.2. The summed E-state index contributed by atoms with van der Waals surface area (Å²) in [6, 6.07) is 0.444. The van der Waals surface area contributed by atoms with E-state index in [1.54, 1.807) is 37.3 Å². The Bertz CT molecular complexity index is 623. The highest BCUT2D eigenvalue weighted by Gasteiger charge is 2.24. The summed E-state index contributed by atoms with van der Waals surface area (Å²) in [7, 11) is 3.70. The van der Waals surface area contributed by atoms with Crippen molar-refractivity contribution in [1.82, 2.24) is 9.21 Å². The monoisotopic (exact) mass is 486 g/mol. The molecule has 1 atom stereocenters. The van der Waals surface area contributed by atoms with Crippen LogP contribution in [0.1, 0.15) is 40.5 Å². The fourth-order valence-corrected chi connectivity index (χ4v) is 3.24. The van der Waals surface area contributed by atoms with Gasteiger partial charge in [0.15, 0.2) is 0 Å². The second-order valence-electron chi connectivity index (χ2n) is 7.53. The van der Waals surface area contributed by atoms with Crippen LogP contribution in [-0.2, 0) is 14.3 Å². The van der Waals surface area contributed by atoms with Gasteiger partial charge >= 0.3 is 0 Å². The standard InChI is InChI=1S/C16H25ClN2O2S.C5H10O.C4H8/c1-5-15(17)10-14(11-21-12-20)13(2)18(3)16-6-8-19(22-4)9-7-16;1-4-5(2)6-3;1-4(2)3/h5,10,12,16H,2,6-9,11H2,1,3-4H3;4-5H,1H2,2-3H3;1H2,2-3H3/b14-10-,15-5+;;. The molecule has 1 aliphatic heterocycles. The van der Waals surface area contributed by atoms with E-state index >= 15 is 0 Å². The molecule has 0 aromatic carbocycles. The number of halogens is 1. The Kier molecular flexibility index (Phi) is 20.6. The van der Waals surface area contributed by atoms with Crippen LogP contribution in [-0.4, -0.2) is 67.9 Å². The number of hydrogen-bond acceptors (Lipinski definition) is 6. The van der Waals surface area contributed by atoms with Crippen LogP contribution in [0.3, 0.4) is 0 Å². The van der Waals surface area contributed by atoms with Gasteiger partial charge in [0, 0.05) is 49.6 Å². The number of methoxy groups -OCH3 is 1. The molecule has 1 heterocycles. The van der Waals surface area contributed by atoms with Gasteiger partial charge in [0.25, 0.3) is 6.47 Å². The molecule has 7 heteroatoms. The highest BCUT2D eigenvalue weighted by Crippen LogP contribution is 2.25. The highest BCUT2D eigenvalue weighted by atomic mass is 35.5. The molecule has 0 amide bonds. The summed E-state index contributed by atoms with van der Waals surface area (Å²) in [5.74, 6) is 0. The van der Waals surface area contributed by atoms with Gasteiger partial charge in [0.2, 0.25) is 0 Å². The fourth-order valence-electron chi connectivity index (χ4n) is 2.54.